The summed E-state index contributed by atoms with van der Waals surface area (Å²) in [6.07, 6.45) is 0. The summed E-state index contributed by atoms with van der Waals surface area (Å²) in [5.74, 6) is 0. The molecule has 0 atom stereocenters. The summed E-state index contributed by atoms with van der Waals surface area (Å²) in [7, 11) is -1.99. The summed E-state index contributed by atoms with van der Waals surface area (Å²) >= 11 is 5.82. The SMILES string of the molecule is CCOCCN(C)S(=O)(=O)c1ccc2nc(Cl)ccc2c1. The van der Waals surface area contributed by atoms with Crippen LogP contribution in [-0.2, 0) is 14.8 Å². The van der Waals surface area contributed by atoms with Crippen molar-refractivity contribution in [3.63, 3.8) is 0 Å². The van der Waals surface area contributed by atoms with Crippen molar-refractivity contribution in [2.24, 2.45) is 0 Å². The lowest BCUT2D eigenvalue weighted by Gasteiger charge is -2.17. The van der Waals surface area contributed by atoms with Crippen molar-refractivity contribution in [2.75, 3.05) is 26.8 Å². The standard InChI is InChI=1S/C14H17ClN2O3S/c1-3-20-9-8-17(2)21(18,19)12-5-6-13-11(10-12)4-7-14(15)16-13/h4-7,10H,3,8-9H2,1-2H3. The molecule has 0 bridgehead atoms. The zero-order valence-electron chi connectivity index (χ0n) is 11.9. The summed E-state index contributed by atoms with van der Waals surface area (Å²) in [5.41, 5.74) is 0.665. The zero-order chi connectivity index (χ0) is 15.5. The molecular formula is C14H17ClN2O3S. The van der Waals surface area contributed by atoms with Crippen molar-refractivity contribution in [3.05, 3.63) is 35.5 Å². The Morgan fingerprint density at radius 2 is 2.05 bits per heavy atom. The molecule has 0 fully saturated rings. The number of benzene rings is 1. The van der Waals surface area contributed by atoms with Gasteiger partial charge in [0.1, 0.15) is 5.15 Å². The van der Waals surface area contributed by atoms with Crippen LogP contribution >= 0.6 is 11.6 Å². The maximum absolute atomic E-state index is 12.5. The van der Waals surface area contributed by atoms with Gasteiger partial charge in [-0.3, -0.25) is 0 Å². The summed E-state index contributed by atoms with van der Waals surface area (Å²) in [6.45, 7) is 3.12. The van der Waals surface area contributed by atoms with E-state index in [0.717, 1.165) is 5.39 Å². The fourth-order valence-corrected chi connectivity index (χ4v) is 3.22. The van der Waals surface area contributed by atoms with Gasteiger partial charge < -0.3 is 4.74 Å². The minimum Gasteiger partial charge on any atom is -0.380 e. The van der Waals surface area contributed by atoms with Crippen LogP contribution in [0.5, 0.6) is 0 Å². The van der Waals surface area contributed by atoms with Crippen LogP contribution in [0.25, 0.3) is 10.9 Å². The molecule has 0 aliphatic carbocycles. The molecule has 0 amide bonds. The van der Waals surface area contributed by atoms with E-state index in [1.165, 1.54) is 10.4 Å². The molecule has 7 heteroatoms. The zero-order valence-corrected chi connectivity index (χ0v) is 13.5. The number of ether oxygens (including phenoxy) is 1. The number of nitrogens with zero attached hydrogens (tertiary/aromatic N) is 2. The summed E-state index contributed by atoms with van der Waals surface area (Å²) in [6, 6.07) is 8.19. The lowest BCUT2D eigenvalue weighted by atomic mass is 10.2. The number of aromatic nitrogens is 1. The average Bonchev–Trinajstić information content (AvgIpc) is 2.46. The van der Waals surface area contributed by atoms with E-state index in [-0.39, 0.29) is 4.90 Å². The number of pyridine rings is 1. The first kappa shape index (κ1) is 16.2. The van der Waals surface area contributed by atoms with Gasteiger partial charge in [-0.25, -0.2) is 13.4 Å². The van der Waals surface area contributed by atoms with Crippen LogP contribution in [0.4, 0.5) is 0 Å². The third-order valence-electron chi connectivity index (χ3n) is 3.09. The Balaban J connectivity index is 2.29. The Morgan fingerprint density at radius 3 is 2.76 bits per heavy atom. The first-order valence-corrected chi connectivity index (χ1v) is 8.37. The molecule has 0 spiro atoms. The molecule has 1 aromatic carbocycles. The highest BCUT2D eigenvalue weighted by atomic mass is 35.5. The van der Waals surface area contributed by atoms with Crippen molar-refractivity contribution >= 4 is 32.5 Å². The van der Waals surface area contributed by atoms with Gasteiger partial charge in [0.05, 0.1) is 17.0 Å². The highest BCUT2D eigenvalue weighted by Gasteiger charge is 2.20. The number of hydrogen-bond donors (Lipinski definition) is 0. The van der Waals surface area contributed by atoms with Gasteiger partial charge >= 0.3 is 0 Å². The van der Waals surface area contributed by atoms with Gasteiger partial charge in [-0.2, -0.15) is 4.31 Å². The summed E-state index contributed by atoms with van der Waals surface area (Å²) in [5, 5.41) is 1.12. The number of fused-ring (bicyclic) bond motifs is 1. The van der Waals surface area contributed by atoms with E-state index in [1.807, 2.05) is 6.92 Å². The summed E-state index contributed by atoms with van der Waals surface area (Å²) < 4.78 is 31.4. The van der Waals surface area contributed by atoms with Crippen LogP contribution < -0.4 is 0 Å². The third-order valence-corrected chi connectivity index (χ3v) is 5.15. The second-order valence-corrected chi connectivity index (χ2v) is 6.94. The molecule has 5 nitrogen and oxygen atoms in total. The van der Waals surface area contributed by atoms with Gasteiger partial charge in [-0.05, 0) is 37.3 Å². The first-order valence-electron chi connectivity index (χ1n) is 6.55. The van der Waals surface area contributed by atoms with Gasteiger partial charge in [-0.15, -0.1) is 0 Å². The number of sulfonamides is 1. The van der Waals surface area contributed by atoms with Crippen LogP contribution in [0.2, 0.25) is 5.15 Å². The van der Waals surface area contributed by atoms with Crippen LogP contribution in [0.3, 0.4) is 0 Å². The molecule has 21 heavy (non-hydrogen) atoms. The highest BCUT2D eigenvalue weighted by Crippen LogP contribution is 2.21. The van der Waals surface area contributed by atoms with Gasteiger partial charge in [0.25, 0.3) is 0 Å². The predicted molar refractivity (Wildman–Crippen MR) is 83.1 cm³/mol. The van der Waals surface area contributed by atoms with Crippen molar-refractivity contribution in [2.45, 2.75) is 11.8 Å². The molecule has 2 aromatic rings. The van der Waals surface area contributed by atoms with E-state index >= 15 is 0 Å². The van der Waals surface area contributed by atoms with E-state index in [0.29, 0.717) is 30.4 Å². The maximum atomic E-state index is 12.5. The second kappa shape index (κ2) is 6.70. The molecule has 0 N–H and O–H groups in total. The summed E-state index contributed by atoms with van der Waals surface area (Å²) in [4.78, 5) is 4.38. The van der Waals surface area contributed by atoms with Gasteiger partial charge in [0, 0.05) is 25.6 Å². The Morgan fingerprint density at radius 1 is 1.29 bits per heavy atom. The van der Waals surface area contributed by atoms with E-state index in [4.69, 9.17) is 16.3 Å². The van der Waals surface area contributed by atoms with E-state index < -0.39 is 10.0 Å². The van der Waals surface area contributed by atoms with Crippen molar-refractivity contribution < 1.29 is 13.2 Å². The number of hydrogen-bond acceptors (Lipinski definition) is 4. The molecule has 0 saturated heterocycles. The van der Waals surface area contributed by atoms with Gasteiger partial charge in [0.15, 0.2) is 0 Å². The van der Waals surface area contributed by atoms with Crippen LogP contribution in [-0.4, -0.2) is 44.5 Å². The molecule has 0 saturated carbocycles. The molecule has 114 valence electrons. The maximum Gasteiger partial charge on any atom is 0.242 e. The van der Waals surface area contributed by atoms with Gasteiger partial charge in [-0.1, -0.05) is 11.6 Å². The number of likely N-dealkylation sites (N-methyl/N-ethyl adjacent to an activating group) is 1. The van der Waals surface area contributed by atoms with E-state index in [9.17, 15) is 8.42 Å². The normalized spacial score (nSPS) is 12.2. The van der Waals surface area contributed by atoms with E-state index in [2.05, 4.69) is 4.98 Å². The van der Waals surface area contributed by atoms with Crippen LogP contribution in [0.15, 0.2) is 35.2 Å². The lowest BCUT2D eigenvalue weighted by molar-refractivity contribution is 0.138. The van der Waals surface area contributed by atoms with Crippen LogP contribution in [0, 0.1) is 0 Å². The third kappa shape index (κ3) is 3.71. The van der Waals surface area contributed by atoms with E-state index in [1.54, 1.807) is 31.3 Å². The quantitative estimate of drug-likeness (QED) is 0.604. The molecule has 1 aromatic heterocycles. The molecule has 1 heterocycles. The van der Waals surface area contributed by atoms with Crippen molar-refractivity contribution in [1.82, 2.24) is 9.29 Å². The second-order valence-electron chi connectivity index (χ2n) is 4.51. The number of rotatable bonds is 6. The van der Waals surface area contributed by atoms with Gasteiger partial charge in [0.2, 0.25) is 10.0 Å². The van der Waals surface area contributed by atoms with Crippen molar-refractivity contribution in [3.8, 4) is 0 Å². The predicted octanol–water partition coefficient (Wildman–Crippen LogP) is 2.55. The minimum atomic E-state index is -3.53. The highest BCUT2D eigenvalue weighted by molar-refractivity contribution is 7.89. The molecular weight excluding hydrogens is 312 g/mol. The molecule has 0 aliphatic rings. The number of halogens is 1. The molecule has 0 aliphatic heterocycles. The first-order chi connectivity index (χ1) is 9.95. The smallest absolute Gasteiger partial charge is 0.242 e. The average molecular weight is 329 g/mol. The minimum absolute atomic E-state index is 0.234. The Kier molecular flexibility index (Phi) is 5.16. The Bertz CT molecular complexity index is 734. The fraction of sp³-hybridized carbons (Fsp3) is 0.357. The lowest BCUT2D eigenvalue weighted by Crippen LogP contribution is -2.30. The molecule has 2 rings (SSSR count). The largest absolute Gasteiger partial charge is 0.380 e. The Hall–Kier alpha value is -1.21. The Labute approximate surface area is 129 Å². The van der Waals surface area contributed by atoms with Crippen molar-refractivity contribution in [1.29, 1.82) is 0 Å². The molecule has 0 unspecified atom stereocenters. The van der Waals surface area contributed by atoms with Crippen LogP contribution in [0.1, 0.15) is 6.92 Å². The topological polar surface area (TPSA) is 59.5 Å². The fourth-order valence-electron chi connectivity index (χ4n) is 1.88. The molecule has 0 radical (unpaired) electrons. The monoisotopic (exact) mass is 328 g/mol.